The molecular formula is C14H19ClN2O3S2. The SMILES string of the molecule is CC/C=C(/C)C(=O)N1CCN(S(=O)(=O)c2ccc(Cl)s2)CC1. The molecule has 0 radical (unpaired) electrons. The van der Waals surface area contributed by atoms with Gasteiger partial charge in [0, 0.05) is 31.8 Å². The number of hydrogen-bond acceptors (Lipinski definition) is 4. The average molecular weight is 363 g/mol. The molecule has 0 N–H and O–H groups in total. The topological polar surface area (TPSA) is 57.7 Å². The Bertz CT molecular complexity index is 674. The van der Waals surface area contributed by atoms with Crippen molar-refractivity contribution in [3.05, 3.63) is 28.1 Å². The quantitative estimate of drug-likeness (QED) is 0.773. The van der Waals surface area contributed by atoms with E-state index in [0.29, 0.717) is 36.1 Å². The van der Waals surface area contributed by atoms with E-state index in [1.54, 1.807) is 17.9 Å². The van der Waals surface area contributed by atoms with Gasteiger partial charge >= 0.3 is 0 Å². The number of hydrogen-bond donors (Lipinski definition) is 0. The molecule has 0 spiro atoms. The summed E-state index contributed by atoms with van der Waals surface area (Å²) in [6.45, 7) is 5.21. The lowest BCUT2D eigenvalue weighted by Gasteiger charge is -2.33. The van der Waals surface area contributed by atoms with Crippen LogP contribution in [0.3, 0.4) is 0 Å². The third-order valence-electron chi connectivity index (χ3n) is 3.52. The van der Waals surface area contributed by atoms with Gasteiger partial charge < -0.3 is 4.90 Å². The molecule has 0 aliphatic carbocycles. The van der Waals surface area contributed by atoms with Crippen LogP contribution >= 0.6 is 22.9 Å². The van der Waals surface area contributed by atoms with Gasteiger partial charge in [0.05, 0.1) is 4.34 Å². The highest BCUT2D eigenvalue weighted by Gasteiger charge is 2.31. The fourth-order valence-electron chi connectivity index (χ4n) is 2.34. The van der Waals surface area contributed by atoms with Gasteiger partial charge in [0.1, 0.15) is 4.21 Å². The van der Waals surface area contributed by atoms with Gasteiger partial charge in [-0.2, -0.15) is 4.31 Å². The molecule has 1 saturated heterocycles. The van der Waals surface area contributed by atoms with Gasteiger partial charge in [-0.3, -0.25) is 4.79 Å². The van der Waals surface area contributed by atoms with Crippen LogP contribution in [-0.2, 0) is 14.8 Å². The number of carbonyl (C=O) groups is 1. The number of rotatable bonds is 4. The predicted molar refractivity (Wildman–Crippen MR) is 88.7 cm³/mol. The van der Waals surface area contributed by atoms with E-state index in [9.17, 15) is 13.2 Å². The Labute approximate surface area is 140 Å². The number of sulfonamides is 1. The van der Waals surface area contributed by atoms with Gasteiger partial charge in [0.25, 0.3) is 10.0 Å². The van der Waals surface area contributed by atoms with E-state index in [1.165, 1.54) is 10.4 Å². The van der Waals surface area contributed by atoms with Gasteiger partial charge in [-0.05, 0) is 25.5 Å². The summed E-state index contributed by atoms with van der Waals surface area (Å²) in [5.74, 6) is -0.0157. The molecule has 0 saturated carbocycles. The Hall–Kier alpha value is -0.890. The zero-order valence-electron chi connectivity index (χ0n) is 12.6. The lowest BCUT2D eigenvalue weighted by Crippen LogP contribution is -2.50. The third-order valence-corrected chi connectivity index (χ3v) is 7.11. The van der Waals surface area contributed by atoms with Crippen molar-refractivity contribution in [3.63, 3.8) is 0 Å². The van der Waals surface area contributed by atoms with E-state index >= 15 is 0 Å². The Morgan fingerprint density at radius 3 is 2.45 bits per heavy atom. The molecule has 1 aliphatic heterocycles. The summed E-state index contributed by atoms with van der Waals surface area (Å²) in [4.78, 5) is 13.9. The smallest absolute Gasteiger partial charge is 0.252 e. The highest BCUT2D eigenvalue weighted by atomic mass is 35.5. The summed E-state index contributed by atoms with van der Waals surface area (Å²) in [5.41, 5.74) is 0.712. The minimum atomic E-state index is -3.51. The van der Waals surface area contributed by atoms with E-state index in [-0.39, 0.29) is 10.1 Å². The fraction of sp³-hybridized carbons (Fsp3) is 0.500. The van der Waals surface area contributed by atoms with Gasteiger partial charge in [0.2, 0.25) is 5.91 Å². The second-order valence-electron chi connectivity index (χ2n) is 5.05. The van der Waals surface area contributed by atoms with Crippen LogP contribution in [0.4, 0.5) is 0 Å². The second kappa shape index (κ2) is 7.12. The fourth-order valence-corrected chi connectivity index (χ4v) is 5.40. The molecule has 0 aromatic carbocycles. The van der Waals surface area contributed by atoms with Gasteiger partial charge in [-0.25, -0.2) is 8.42 Å². The number of nitrogens with zero attached hydrogens (tertiary/aromatic N) is 2. The maximum atomic E-state index is 12.5. The lowest BCUT2D eigenvalue weighted by molar-refractivity contribution is -0.128. The predicted octanol–water partition coefficient (Wildman–Crippen LogP) is 2.59. The summed E-state index contributed by atoms with van der Waals surface area (Å²) < 4.78 is 27.1. The largest absolute Gasteiger partial charge is 0.336 e. The Morgan fingerprint density at radius 1 is 1.32 bits per heavy atom. The summed E-state index contributed by atoms with van der Waals surface area (Å²) in [6.07, 6.45) is 2.70. The van der Waals surface area contributed by atoms with Gasteiger partial charge in [-0.1, -0.05) is 24.6 Å². The van der Waals surface area contributed by atoms with E-state index in [0.717, 1.165) is 17.8 Å². The minimum absolute atomic E-state index is 0.0157. The summed E-state index contributed by atoms with van der Waals surface area (Å²) in [5, 5.41) is 0. The van der Waals surface area contributed by atoms with Crippen LogP contribution in [0, 0.1) is 0 Å². The molecule has 0 bridgehead atoms. The minimum Gasteiger partial charge on any atom is -0.336 e. The zero-order chi connectivity index (χ0) is 16.3. The van der Waals surface area contributed by atoms with E-state index in [2.05, 4.69) is 0 Å². The molecule has 1 aromatic rings. The van der Waals surface area contributed by atoms with Crippen LogP contribution < -0.4 is 0 Å². The first kappa shape index (κ1) is 17.5. The summed E-state index contributed by atoms with van der Waals surface area (Å²) >= 11 is 6.86. The number of piperazine rings is 1. The average Bonchev–Trinajstić information content (AvgIpc) is 2.94. The van der Waals surface area contributed by atoms with Gasteiger partial charge in [-0.15, -0.1) is 11.3 Å². The lowest BCUT2D eigenvalue weighted by atomic mass is 10.2. The number of amides is 1. The first-order valence-electron chi connectivity index (χ1n) is 7.07. The number of thiophene rings is 1. The van der Waals surface area contributed by atoms with Crippen molar-refractivity contribution in [2.75, 3.05) is 26.2 Å². The first-order valence-corrected chi connectivity index (χ1v) is 9.71. The zero-order valence-corrected chi connectivity index (χ0v) is 15.0. The summed E-state index contributed by atoms with van der Waals surface area (Å²) in [7, 11) is -3.51. The van der Waals surface area contributed by atoms with Crippen molar-refractivity contribution in [1.29, 1.82) is 0 Å². The second-order valence-corrected chi connectivity index (χ2v) is 8.93. The van der Waals surface area contributed by atoms with Crippen LogP contribution in [0.15, 0.2) is 28.0 Å². The van der Waals surface area contributed by atoms with Crippen LogP contribution in [-0.4, -0.2) is 49.7 Å². The Balaban J connectivity index is 2.03. The van der Waals surface area contributed by atoms with Crippen LogP contribution in [0.25, 0.3) is 0 Å². The van der Waals surface area contributed by atoms with Crippen molar-refractivity contribution in [2.24, 2.45) is 0 Å². The van der Waals surface area contributed by atoms with Crippen LogP contribution in [0.1, 0.15) is 20.3 Å². The number of halogens is 1. The van der Waals surface area contributed by atoms with Crippen LogP contribution in [0.2, 0.25) is 4.34 Å². The normalized spacial score (nSPS) is 17.8. The molecule has 0 atom stereocenters. The van der Waals surface area contributed by atoms with Crippen molar-refractivity contribution in [3.8, 4) is 0 Å². The maximum Gasteiger partial charge on any atom is 0.252 e. The molecule has 1 amide bonds. The highest BCUT2D eigenvalue weighted by Crippen LogP contribution is 2.28. The molecule has 5 nitrogen and oxygen atoms in total. The monoisotopic (exact) mass is 362 g/mol. The molecule has 2 heterocycles. The molecule has 1 aliphatic rings. The van der Waals surface area contributed by atoms with Crippen molar-refractivity contribution >= 4 is 38.9 Å². The van der Waals surface area contributed by atoms with Crippen molar-refractivity contribution < 1.29 is 13.2 Å². The molecule has 1 fully saturated rings. The Kier molecular flexibility index (Phi) is 5.65. The molecular weight excluding hydrogens is 344 g/mol. The van der Waals surface area contributed by atoms with Crippen molar-refractivity contribution in [2.45, 2.75) is 24.5 Å². The molecule has 122 valence electrons. The number of carbonyl (C=O) groups excluding carboxylic acids is 1. The molecule has 22 heavy (non-hydrogen) atoms. The van der Waals surface area contributed by atoms with E-state index in [4.69, 9.17) is 11.6 Å². The number of allylic oxidation sites excluding steroid dienone is 1. The first-order chi connectivity index (χ1) is 10.4. The molecule has 0 unspecified atom stereocenters. The van der Waals surface area contributed by atoms with Crippen LogP contribution in [0.5, 0.6) is 0 Å². The van der Waals surface area contributed by atoms with E-state index < -0.39 is 10.0 Å². The Morgan fingerprint density at radius 2 is 1.95 bits per heavy atom. The van der Waals surface area contributed by atoms with Crippen molar-refractivity contribution in [1.82, 2.24) is 9.21 Å². The molecule has 2 rings (SSSR count). The molecule has 1 aromatic heterocycles. The highest BCUT2D eigenvalue weighted by molar-refractivity contribution is 7.91. The van der Waals surface area contributed by atoms with E-state index in [1.807, 2.05) is 13.0 Å². The standard InChI is InChI=1S/C14H19ClN2O3S2/c1-3-4-11(2)14(18)16-7-9-17(10-8-16)22(19,20)13-6-5-12(15)21-13/h4-6H,3,7-10H2,1-2H3/b11-4-. The van der Waals surface area contributed by atoms with Gasteiger partial charge in [0.15, 0.2) is 0 Å². The maximum absolute atomic E-state index is 12.5. The molecule has 8 heteroatoms. The third kappa shape index (κ3) is 3.71. The summed E-state index contributed by atoms with van der Waals surface area (Å²) in [6, 6.07) is 3.10.